The van der Waals surface area contributed by atoms with Crippen LogP contribution in [0.4, 0.5) is 9.18 Å². The lowest BCUT2D eigenvalue weighted by Crippen LogP contribution is -2.35. The van der Waals surface area contributed by atoms with Crippen molar-refractivity contribution in [3.63, 3.8) is 0 Å². The van der Waals surface area contributed by atoms with Gasteiger partial charge in [-0.2, -0.15) is 0 Å². The zero-order valence-electron chi connectivity index (χ0n) is 10.2. The molecular weight excluding hydrogens is 273 g/mol. The van der Waals surface area contributed by atoms with Crippen molar-refractivity contribution >= 4 is 17.7 Å². The van der Waals surface area contributed by atoms with Crippen LogP contribution in [0, 0.1) is 11.7 Å². The number of ether oxygens (including phenoxy) is 1. The molecule has 0 radical (unpaired) electrons. The number of carbonyl (C=O) groups is 1. The van der Waals surface area contributed by atoms with Crippen LogP contribution < -0.4 is 5.32 Å². The molecule has 1 saturated heterocycles. The Labute approximate surface area is 115 Å². The number of hydrogen-bond donors (Lipinski definition) is 2. The normalized spacial score (nSPS) is 18.0. The molecule has 4 nitrogen and oxygen atoms in total. The van der Waals surface area contributed by atoms with Gasteiger partial charge in [0.2, 0.25) is 0 Å². The van der Waals surface area contributed by atoms with Crippen LogP contribution in [0.25, 0.3) is 0 Å². The van der Waals surface area contributed by atoms with E-state index in [-0.39, 0.29) is 10.9 Å². The Balaban J connectivity index is 2.24. The van der Waals surface area contributed by atoms with E-state index in [9.17, 15) is 9.18 Å². The average Bonchev–Trinajstić information content (AvgIpc) is 2.40. The minimum atomic E-state index is -1.12. The van der Waals surface area contributed by atoms with Crippen LogP contribution in [0.3, 0.4) is 0 Å². The van der Waals surface area contributed by atoms with Crippen LogP contribution in [0.15, 0.2) is 18.2 Å². The summed E-state index contributed by atoms with van der Waals surface area (Å²) >= 11 is 5.65. The Morgan fingerprint density at radius 2 is 2.16 bits per heavy atom. The van der Waals surface area contributed by atoms with Crippen LogP contribution >= 0.6 is 11.6 Å². The minimum absolute atomic E-state index is 0.0322. The molecule has 2 rings (SSSR count). The number of benzene rings is 1. The molecule has 1 fully saturated rings. The van der Waals surface area contributed by atoms with Crippen LogP contribution in [0.5, 0.6) is 0 Å². The van der Waals surface area contributed by atoms with Gasteiger partial charge in [-0.15, -0.1) is 0 Å². The molecule has 104 valence electrons. The van der Waals surface area contributed by atoms with E-state index in [1.54, 1.807) is 6.07 Å². The van der Waals surface area contributed by atoms with Gasteiger partial charge in [-0.25, -0.2) is 9.18 Å². The lowest BCUT2D eigenvalue weighted by molar-refractivity contribution is 0.0534. The van der Waals surface area contributed by atoms with E-state index >= 15 is 0 Å². The number of nitrogens with one attached hydrogen (secondary N) is 1. The van der Waals surface area contributed by atoms with Crippen LogP contribution in [0.1, 0.15) is 24.4 Å². The van der Waals surface area contributed by atoms with Crippen molar-refractivity contribution in [1.29, 1.82) is 0 Å². The van der Waals surface area contributed by atoms with Gasteiger partial charge in [-0.05, 0) is 36.5 Å². The Bertz CT molecular complexity index is 463. The molecule has 19 heavy (non-hydrogen) atoms. The predicted octanol–water partition coefficient (Wildman–Crippen LogP) is 3.21. The summed E-state index contributed by atoms with van der Waals surface area (Å²) in [6.45, 7) is 1.19. The molecule has 1 heterocycles. The molecule has 1 unspecified atom stereocenters. The van der Waals surface area contributed by atoms with Crippen molar-refractivity contribution < 1.29 is 19.0 Å². The third-order valence-electron chi connectivity index (χ3n) is 3.32. The Morgan fingerprint density at radius 1 is 1.47 bits per heavy atom. The van der Waals surface area contributed by atoms with E-state index in [0.717, 1.165) is 12.8 Å². The average molecular weight is 288 g/mol. The minimum Gasteiger partial charge on any atom is -0.465 e. The first kappa shape index (κ1) is 14.1. The third-order valence-corrected chi connectivity index (χ3v) is 3.63. The Morgan fingerprint density at radius 3 is 2.74 bits per heavy atom. The maximum Gasteiger partial charge on any atom is 0.405 e. The van der Waals surface area contributed by atoms with Crippen molar-refractivity contribution in [3.8, 4) is 0 Å². The second-order valence-corrected chi connectivity index (χ2v) is 4.96. The van der Waals surface area contributed by atoms with Gasteiger partial charge in [0, 0.05) is 13.2 Å². The van der Waals surface area contributed by atoms with Gasteiger partial charge in [0.05, 0.1) is 11.1 Å². The fraction of sp³-hybridized carbons (Fsp3) is 0.462. The van der Waals surface area contributed by atoms with E-state index in [1.807, 2.05) is 0 Å². The summed E-state index contributed by atoms with van der Waals surface area (Å²) < 4.78 is 18.8. The highest BCUT2D eigenvalue weighted by atomic mass is 35.5. The van der Waals surface area contributed by atoms with Gasteiger partial charge in [0.15, 0.2) is 0 Å². The van der Waals surface area contributed by atoms with Crippen LogP contribution in [0.2, 0.25) is 5.02 Å². The summed E-state index contributed by atoms with van der Waals surface area (Å²) in [7, 11) is 0. The van der Waals surface area contributed by atoms with Gasteiger partial charge in [-0.3, -0.25) is 0 Å². The largest absolute Gasteiger partial charge is 0.465 e. The van der Waals surface area contributed by atoms with E-state index in [0.29, 0.717) is 18.8 Å². The standard InChI is InChI=1S/C13H15ClFNO3/c14-10-2-1-9(7-11(10)15)12(16-13(17)18)8-3-5-19-6-4-8/h1-2,7-8,12,16H,3-6H2,(H,17,18). The monoisotopic (exact) mass is 287 g/mol. The molecule has 2 N–H and O–H groups in total. The number of rotatable bonds is 3. The molecule has 1 aliphatic rings. The lowest BCUT2D eigenvalue weighted by Gasteiger charge is -2.30. The first-order valence-electron chi connectivity index (χ1n) is 6.10. The highest BCUT2D eigenvalue weighted by Gasteiger charge is 2.27. The number of carboxylic acid groups (broad SMARTS) is 1. The topological polar surface area (TPSA) is 58.6 Å². The number of halogens is 2. The van der Waals surface area contributed by atoms with E-state index in [2.05, 4.69) is 5.32 Å². The van der Waals surface area contributed by atoms with Gasteiger partial charge in [0.1, 0.15) is 5.82 Å². The molecule has 0 aliphatic carbocycles. The molecule has 0 saturated carbocycles. The summed E-state index contributed by atoms with van der Waals surface area (Å²) in [6, 6.07) is 3.95. The number of hydrogen-bond acceptors (Lipinski definition) is 2. The van der Waals surface area contributed by atoms with E-state index in [4.69, 9.17) is 21.4 Å². The highest BCUT2D eigenvalue weighted by Crippen LogP contribution is 2.31. The Hall–Kier alpha value is -1.33. The predicted molar refractivity (Wildman–Crippen MR) is 68.9 cm³/mol. The summed E-state index contributed by atoms with van der Waals surface area (Å²) in [4.78, 5) is 10.9. The molecule has 1 aromatic carbocycles. The van der Waals surface area contributed by atoms with Crippen molar-refractivity contribution in [3.05, 3.63) is 34.6 Å². The molecule has 0 aromatic heterocycles. The molecule has 0 spiro atoms. The summed E-state index contributed by atoms with van der Waals surface area (Å²) in [6.07, 6.45) is 0.372. The number of amides is 1. The first-order chi connectivity index (χ1) is 9.08. The summed E-state index contributed by atoms with van der Waals surface area (Å²) in [5.41, 5.74) is 0.594. The van der Waals surface area contributed by atoms with E-state index in [1.165, 1.54) is 12.1 Å². The van der Waals surface area contributed by atoms with Crippen molar-refractivity contribution in [2.45, 2.75) is 18.9 Å². The second-order valence-electron chi connectivity index (χ2n) is 4.55. The highest BCUT2D eigenvalue weighted by molar-refractivity contribution is 6.30. The summed E-state index contributed by atoms with van der Waals surface area (Å²) in [5.74, 6) is -0.436. The SMILES string of the molecule is O=C(O)NC(c1ccc(Cl)c(F)c1)C1CCOCC1. The fourth-order valence-corrected chi connectivity index (χ4v) is 2.48. The maximum atomic E-state index is 13.5. The van der Waals surface area contributed by atoms with Crippen LogP contribution in [-0.2, 0) is 4.74 Å². The van der Waals surface area contributed by atoms with Gasteiger partial charge < -0.3 is 15.2 Å². The molecule has 1 amide bonds. The third kappa shape index (κ3) is 3.58. The fourth-order valence-electron chi connectivity index (χ4n) is 2.36. The van der Waals surface area contributed by atoms with Crippen molar-refractivity contribution in [2.75, 3.05) is 13.2 Å². The zero-order valence-corrected chi connectivity index (χ0v) is 11.0. The van der Waals surface area contributed by atoms with Gasteiger partial charge in [0.25, 0.3) is 0 Å². The maximum absolute atomic E-state index is 13.5. The molecule has 0 bridgehead atoms. The van der Waals surface area contributed by atoms with Gasteiger partial charge in [-0.1, -0.05) is 17.7 Å². The molecule has 1 aliphatic heterocycles. The van der Waals surface area contributed by atoms with Crippen molar-refractivity contribution in [1.82, 2.24) is 5.32 Å². The summed E-state index contributed by atoms with van der Waals surface area (Å²) in [5, 5.41) is 11.4. The van der Waals surface area contributed by atoms with Crippen LogP contribution in [-0.4, -0.2) is 24.4 Å². The van der Waals surface area contributed by atoms with Crippen molar-refractivity contribution in [2.24, 2.45) is 5.92 Å². The molecule has 1 atom stereocenters. The molecule has 1 aromatic rings. The Kier molecular flexibility index (Phi) is 4.61. The van der Waals surface area contributed by atoms with E-state index < -0.39 is 18.0 Å². The second kappa shape index (κ2) is 6.21. The molecule has 6 heteroatoms. The zero-order chi connectivity index (χ0) is 13.8. The van der Waals surface area contributed by atoms with Gasteiger partial charge >= 0.3 is 6.09 Å². The lowest BCUT2D eigenvalue weighted by atomic mass is 9.87. The quantitative estimate of drug-likeness (QED) is 0.897. The molecular formula is C13H15ClFNO3. The smallest absolute Gasteiger partial charge is 0.405 e. The first-order valence-corrected chi connectivity index (χ1v) is 6.48.